The third-order valence-electron chi connectivity index (χ3n) is 19.2. The predicted octanol–water partition coefficient (Wildman–Crippen LogP) is 25.5. The molecule has 470 valence electrons. The molecular weight excluding hydrogens is 1210 g/mol. The Kier molecular flexibility index (Phi) is 16.3. The largest absolute Gasteiger partial charge is 0.248 e. The Hall–Kier alpha value is -9.24. The van der Waals surface area contributed by atoms with E-state index in [1.54, 1.807) is 0 Å². The lowest BCUT2D eigenvalue weighted by Crippen LogP contribution is -1.97. The number of benzene rings is 6. The maximum Gasteiger partial charge on any atom is 0.0738 e. The van der Waals surface area contributed by atoms with Crippen molar-refractivity contribution in [3.05, 3.63) is 255 Å². The molecule has 0 unspecified atom stereocenters. The summed E-state index contributed by atoms with van der Waals surface area (Å²) in [7, 11) is 0. The van der Waals surface area contributed by atoms with Crippen molar-refractivity contribution in [2.75, 3.05) is 0 Å². The molecule has 4 aliphatic rings. The van der Waals surface area contributed by atoms with Gasteiger partial charge in [-0.2, -0.15) is 0 Å². The summed E-state index contributed by atoms with van der Waals surface area (Å²) in [6.45, 7) is 40.2. The Bertz CT molecular complexity index is 5090. The van der Waals surface area contributed by atoms with Crippen molar-refractivity contribution < 1.29 is 0 Å². The lowest BCUT2D eigenvalue weighted by Gasteiger charge is -2.15. The van der Waals surface area contributed by atoms with E-state index in [0.717, 1.165) is 99.5 Å². The molecule has 95 heavy (non-hydrogen) atoms. The predicted molar refractivity (Wildman–Crippen MR) is 417 cm³/mol. The van der Waals surface area contributed by atoms with Gasteiger partial charge in [-0.15, -0.1) is 34.0 Å². The molecule has 0 amide bonds. The van der Waals surface area contributed by atoms with Crippen molar-refractivity contribution in [2.45, 2.75) is 125 Å². The smallest absolute Gasteiger partial charge is 0.0738 e. The minimum Gasteiger partial charge on any atom is -0.248 e. The molecule has 10 aromatic rings. The van der Waals surface area contributed by atoms with Crippen LogP contribution >= 0.6 is 34.0 Å². The van der Waals surface area contributed by atoms with E-state index in [9.17, 15) is 0 Å². The second kappa shape index (κ2) is 24.5. The van der Waals surface area contributed by atoms with E-state index < -0.39 is 0 Å². The first-order chi connectivity index (χ1) is 45.5. The van der Waals surface area contributed by atoms with Gasteiger partial charge in [-0.1, -0.05) is 106 Å². The first-order valence-corrected chi connectivity index (χ1v) is 35.5. The molecular formula is C88H80N4S3. The summed E-state index contributed by atoms with van der Waals surface area (Å²) in [4.78, 5) is 23.4. The summed E-state index contributed by atoms with van der Waals surface area (Å²) in [5, 5.41) is 0. The van der Waals surface area contributed by atoms with Crippen molar-refractivity contribution in [1.82, 2.24) is 19.9 Å². The molecule has 0 saturated heterocycles. The van der Waals surface area contributed by atoms with Crippen LogP contribution in [0.3, 0.4) is 0 Å². The first-order valence-electron chi connectivity index (χ1n) is 33.1. The van der Waals surface area contributed by atoms with Gasteiger partial charge in [0.15, 0.2) is 0 Å². The van der Waals surface area contributed by atoms with E-state index in [0.29, 0.717) is 0 Å². The lowest BCUT2D eigenvalue weighted by atomic mass is 9.92. The lowest BCUT2D eigenvalue weighted by molar-refractivity contribution is 1.24. The molecule has 0 aliphatic carbocycles. The Labute approximate surface area is 573 Å². The van der Waals surface area contributed by atoms with Gasteiger partial charge in [0.25, 0.3) is 0 Å². The van der Waals surface area contributed by atoms with Gasteiger partial charge in [0.2, 0.25) is 0 Å². The molecule has 0 N–H and O–H groups in total. The fourth-order valence-electron chi connectivity index (χ4n) is 16.1. The molecule has 0 fully saturated rings. The van der Waals surface area contributed by atoms with Crippen LogP contribution in [-0.4, -0.2) is 19.9 Å². The van der Waals surface area contributed by atoms with Gasteiger partial charge in [-0.3, -0.25) is 0 Å². The molecule has 0 radical (unpaired) electrons. The summed E-state index contributed by atoms with van der Waals surface area (Å²) in [6, 6.07) is 41.8. The standard InChI is InChI=1S/C88H80N4S3/c1-45-33-51(7)77(52(8)34-45)83-63-19-23-67(89-63)85(79-55(11)37-47(3)38-56(79)12)73-29-27-71(93-73)72-28-30-74(94-72)86(80-57(13)39-48(4)40-58(80)14)68-24-20-64(90-68)84(78-53(9)35-46(2)36-54(78)10)66-22-26-70(92-66)88(82-61(17)43-50(6)44-62(82)18)76-32-31-75(95-76)87(69-25-21-65(83)91-69)81-59(15)41-49(5)42-60(81)16/h19-44H,1-18H3. The van der Waals surface area contributed by atoms with Crippen LogP contribution in [-0.2, 0) is 0 Å². The minimum absolute atomic E-state index is 0.890. The Morgan fingerprint density at radius 2 is 0.305 bits per heavy atom. The van der Waals surface area contributed by atoms with Crippen LogP contribution in [0.5, 0.6) is 0 Å². The Morgan fingerprint density at radius 3 is 0.484 bits per heavy atom. The number of rotatable bonds is 6. The maximum absolute atomic E-state index is 5.88. The van der Waals surface area contributed by atoms with Crippen LogP contribution in [0.15, 0.2) is 109 Å². The van der Waals surface area contributed by atoms with Crippen molar-refractivity contribution in [3.8, 4) is 66.8 Å². The average Bonchev–Trinajstić information content (AvgIpc) is 1.63. The van der Waals surface area contributed by atoms with Gasteiger partial charge in [0.1, 0.15) is 0 Å². The van der Waals surface area contributed by atoms with Crippen molar-refractivity contribution in [2.24, 2.45) is 0 Å². The summed E-state index contributed by atoms with van der Waals surface area (Å²) >= 11 is 5.51. The quantitative estimate of drug-likeness (QED) is 0.166. The normalized spacial score (nSPS) is 12.4. The summed E-state index contributed by atoms with van der Waals surface area (Å²) in [6.07, 6.45) is 18.0. The van der Waals surface area contributed by atoms with E-state index in [1.165, 1.54) is 141 Å². The van der Waals surface area contributed by atoms with Gasteiger partial charge in [-0.25, -0.2) is 19.9 Å². The highest BCUT2D eigenvalue weighted by Crippen LogP contribution is 2.48. The molecule has 4 nitrogen and oxygen atoms in total. The number of hydrogen-bond acceptors (Lipinski definition) is 7. The summed E-state index contributed by atoms with van der Waals surface area (Å²) < 4.78 is 7.01. The number of thiophene rings is 3. The number of hydrogen-bond donors (Lipinski definition) is 0. The van der Waals surface area contributed by atoms with Crippen LogP contribution in [0, 0.1) is 125 Å². The van der Waals surface area contributed by atoms with E-state index in [-0.39, 0.29) is 0 Å². The molecule has 14 rings (SSSR count). The molecule has 14 bridgehead atoms. The highest BCUT2D eigenvalue weighted by molar-refractivity contribution is 7.31. The van der Waals surface area contributed by atoms with E-state index >= 15 is 0 Å². The van der Waals surface area contributed by atoms with Crippen LogP contribution < -0.4 is 0 Å². The highest BCUT2D eigenvalue weighted by atomic mass is 32.1. The van der Waals surface area contributed by atoms with Crippen LogP contribution in [0.4, 0.5) is 0 Å². The van der Waals surface area contributed by atoms with E-state index in [4.69, 9.17) is 19.9 Å². The third-order valence-corrected chi connectivity index (χ3v) is 22.7. The molecule has 7 heteroatoms. The zero-order valence-corrected chi connectivity index (χ0v) is 60.5. The summed E-state index contributed by atoms with van der Waals surface area (Å²) in [5.41, 5.74) is 42.9. The van der Waals surface area contributed by atoms with Crippen LogP contribution in [0.25, 0.3) is 144 Å². The topological polar surface area (TPSA) is 51.6 Å². The first kappa shape index (κ1) is 63.2. The number of fused-ring (bicyclic) bond motifs is 15. The average molecular weight is 1290 g/mol. The van der Waals surface area contributed by atoms with Gasteiger partial charge < -0.3 is 0 Å². The number of aromatic nitrogens is 4. The fourth-order valence-corrected chi connectivity index (χ4v) is 19.5. The zero-order valence-electron chi connectivity index (χ0n) is 58.0. The molecule has 0 atom stereocenters. The molecule has 4 aliphatic heterocycles. The molecule has 8 heterocycles. The van der Waals surface area contributed by atoms with Crippen molar-refractivity contribution in [1.29, 1.82) is 0 Å². The third kappa shape index (κ3) is 11.4. The SMILES string of the molecule is Cc1cc(C)c(-c2c3nc(c(-c4c(C)cc(C)cc4C)c4ccc(s4)c(-c4c(C)cc(C)cc4C)c4nc(c(-c5c(C)cc(C)cc5C)c5nc(c(-c6c(C)cc(C)cc6C)c6ccc(s6)c6ccc(s6)c(-c6c(C)cc(C)cc6C)c6nc2C=C6)C=C5)C=C4)C=C3)c(C)c1. The fraction of sp³-hybridized carbons (Fsp3) is 0.205. The molecule has 0 saturated carbocycles. The van der Waals surface area contributed by atoms with Crippen LogP contribution in [0.2, 0.25) is 0 Å². The Balaban J connectivity index is 1.21. The monoisotopic (exact) mass is 1290 g/mol. The van der Waals surface area contributed by atoms with E-state index in [1.807, 2.05) is 34.0 Å². The minimum atomic E-state index is 0.890. The van der Waals surface area contributed by atoms with Gasteiger partial charge in [0, 0.05) is 61.6 Å². The molecule has 6 aromatic carbocycles. The molecule has 4 aromatic heterocycles. The Morgan fingerprint density at radius 1 is 0.168 bits per heavy atom. The van der Waals surface area contributed by atoms with Gasteiger partial charge in [-0.05, 0) is 310 Å². The summed E-state index contributed by atoms with van der Waals surface area (Å²) in [5.74, 6) is 0. The maximum atomic E-state index is 5.88. The second-order valence-corrected chi connectivity index (χ2v) is 30.5. The highest BCUT2D eigenvalue weighted by Gasteiger charge is 2.27. The van der Waals surface area contributed by atoms with Crippen molar-refractivity contribution in [3.63, 3.8) is 0 Å². The van der Waals surface area contributed by atoms with E-state index in [2.05, 4.69) is 282 Å². The van der Waals surface area contributed by atoms with Gasteiger partial charge in [0.05, 0.1) is 45.6 Å². The number of nitrogens with zero attached hydrogens (tertiary/aromatic N) is 4. The van der Waals surface area contributed by atoms with Crippen molar-refractivity contribution >= 4 is 111 Å². The second-order valence-electron chi connectivity index (χ2n) is 27.2. The van der Waals surface area contributed by atoms with Crippen LogP contribution in [0.1, 0.15) is 146 Å². The molecule has 0 spiro atoms. The zero-order chi connectivity index (χ0) is 66.7. The van der Waals surface area contributed by atoms with Gasteiger partial charge >= 0.3 is 0 Å². The number of aryl methyl sites for hydroxylation is 18.